The average molecular weight is 462 g/mol. The molecular formula is C22H20ClNO6S. The summed E-state index contributed by atoms with van der Waals surface area (Å²) < 4.78 is 15.4. The summed E-state index contributed by atoms with van der Waals surface area (Å²) in [6.45, 7) is 1.83. The van der Waals surface area contributed by atoms with Crippen molar-refractivity contribution in [1.29, 1.82) is 0 Å². The Hall–Kier alpha value is -3.10. The summed E-state index contributed by atoms with van der Waals surface area (Å²) in [5.74, 6) is -0.665. The number of aliphatic hydroxyl groups is 1. The Balaban J connectivity index is 2.09. The molecule has 162 valence electrons. The first kappa shape index (κ1) is 22.6. The molecule has 0 bridgehead atoms. The largest absolute Gasteiger partial charge is 0.506 e. The van der Waals surface area contributed by atoms with Crippen LogP contribution in [0.25, 0.3) is 6.08 Å². The van der Waals surface area contributed by atoms with Gasteiger partial charge in [-0.15, -0.1) is 0 Å². The van der Waals surface area contributed by atoms with Gasteiger partial charge in [0.05, 0.1) is 31.4 Å². The highest BCUT2D eigenvalue weighted by molar-refractivity contribution is 8.18. The monoisotopic (exact) mass is 461 g/mol. The van der Waals surface area contributed by atoms with Gasteiger partial charge >= 0.3 is 5.97 Å². The normalized spacial score (nSPS) is 16.1. The minimum Gasteiger partial charge on any atom is -0.506 e. The zero-order chi connectivity index (χ0) is 22.5. The minimum atomic E-state index is -0.683. The van der Waals surface area contributed by atoms with Crippen LogP contribution in [0.5, 0.6) is 17.2 Å². The highest BCUT2D eigenvalue weighted by atomic mass is 35.5. The molecule has 2 aromatic carbocycles. The number of aliphatic imine (C=N–C) groups is 1. The van der Waals surface area contributed by atoms with Gasteiger partial charge in [0, 0.05) is 5.02 Å². The van der Waals surface area contributed by atoms with Gasteiger partial charge in [0.15, 0.2) is 11.5 Å². The zero-order valence-electron chi connectivity index (χ0n) is 17.0. The summed E-state index contributed by atoms with van der Waals surface area (Å²) >= 11 is 7.14. The lowest BCUT2D eigenvalue weighted by atomic mass is 10.1. The Morgan fingerprint density at radius 1 is 1.16 bits per heavy atom. The van der Waals surface area contributed by atoms with Crippen LogP contribution in [0.1, 0.15) is 12.5 Å². The molecule has 2 aromatic rings. The molecule has 0 amide bonds. The number of phenolic OH excluding ortho intramolecular Hbond substituents is 1. The number of ether oxygens (including phenoxy) is 3. The fourth-order valence-corrected chi connectivity index (χ4v) is 4.02. The minimum absolute atomic E-state index is 0.0317. The molecule has 1 aliphatic heterocycles. The first-order valence-electron chi connectivity index (χ1n) is 9.17. The van der Waals surface area contributed by atoms with E-state index >= 15 is 0 Å². The zero-order valence-corrected chi connectivity index (χ0v) is 18.6. The molecule has 0 radical (unpaired) electrons. The number of aromatic hydroxyl groups is 1. The number of methoxy groups -OCH3 is 2. The van der Waals surface area contributed by atoms with Crippen molar-refractivity contribution in [3.05, 3.63) is 63.2 Å². The number of halogens is 1. The number of carbonyl (C=O) groups excluding carboxylic acids is 1. The van der Waals surface area contributed by atoms with E-state index in [-0.39, 0.29) is 40.2 Å². The number of esters is 1. The number of hydrogen-bond donors (Lipinski definition) is 2. The van der Waals surface area contributed by atoms with Crippen molar-refractivity contribution in [2.75, 3.05) is 20.8 Å². The Bertz CT molecular complexity index is 1080. The van der Waals surface area contributed by atoms with Crippen LogP contribution in [0.2, 0.25) is 5.02 Å². The van der Waals surface area contributed by atoms with Crippen LogP contribution < -0.4 is 9.47 Å². The Kier molecular flexibility index (Phi) is 7.14. The van der Waals surface area contributed by atoms with E-state index in [9.17, 15) is 15.0 Å². The lowest BCUT2D eigenvalue weighted by molar-refractivity contribution is -0.138. The molecular weight excluding hydrogens is 442 g/mol. The molecule has 0 unspecified atom stereocenters. The fourth-order valence-electron chi connectivity index (χ4n) is 2.80. The maximum atomic E-state index is 12.5. The summed E-state index contributed by atoms with van der Waals surface area (Å²) in [4.78, 5) is 17.4. The van der Waals surface area contributed by atoms with Crippen molar-refractivity contribution in [1.82, 2.24) is 0 Å². The third-order valence-corrected chi connectivity index (χ3v) is 5.46. The fraction of sp³-hybridized carbons (Fsp3) is 0.182. The van der Waals surface area contributed by atoms with Gasteiger partial charge in [0.25, 0.3) is 0 Å². The number of benzene rings is 2. The molecule has 9 heteroatoms. The molecule has 0 saturated carbocycles. The summed E-state index contributed by atoms with van der Waals surface area (Å²) in [6.07, 6.45) is 1.63. The van der Waals surface area contributed by atoms with E-state index in [2.05, 4.69) is 4.99 Å². The van der Waals surface area contributed by atoms with Gasteiger partial charge in [0.2, 0.25) is 5.75 Å². The van der Waals surface area contributed by atoms with Gasteiger partial charge in [-0.25, -0.2) is 9.79 Å². The summed E-state index contributed by atoms with van der Waals surface area (Å²) in [5.41, 5.74) is 1.07. The van der Waals surface area contributed by atoms with E-state index in [0.717, 1.165) is 11.8 Å². The first-order valence-corrected chi connectivity index (χ1v) is 10.4. The van der Waals surface area contributed by atoms with Crippen molar-refractivity contribution in [3.63, 3.8) is 0 Å². The Morgan fingerprint density at radius 2 is 1.84 bits per heavy atom. The standard InChI is InChI=1S/C22H20ClNO6S/c1-4-30-22(27)18-20(26)17(31-21(18)24-14-7-5-6-13(23)11-14)10-12-8-15(28-2)19(25)16(9-12)29-3/h5-11,25-26H,4H2,1-3H3. The number of carbonyl (C=O) groups is 1. The predicted octanol–water partition coefficient (Wildman–Crippen LogP) is 5.26. The molecule has 2 N–H and O–H groups in total. The van der Waals surface area contributed by atoms with Crippen molar-refractivity contribution < 1.29 is 29.2 Å². The van der Waals surface area contributed by atoms with Crippen molar-refractivity contribution >= 4 is 46.1 Å². The van der Waals surface area contributed by atoms with Gasteiger partial charge in [-0.3, -0.25) is 0 Å². The second-order valence-electron chi connectivity index (χ2n) is 6.23. The van der Waals surface area contributed by atoms with Gasteiger partial charge in [-0.1, -0.05) is 29.4 Å². The van der Waals surface area contributed by atoms with E-state index in [4.69, 9.17) is 25.8 Å². The van der Waals surface area contributed by atoms with E-state index < -0.39 is 5.97 Å². The SMILES string of the molecule is CCOC(=O)C1=C(O)C(=Cc2cc(OC)c(O)c(OC)c2)SC1=Nc1cccc(Cl)c1. The predicted molar refractivity (Wildman–Crippen MR) is 122 cm³/mol. The highest BCUT2D eigenvalue weighted by Crippen LogP contribution is 2.42. The summed E-state index contributed by atoms with van der Waals surface area (Å²) in [5, 5.41) is 21.7. The summed E-state index contributed by atoms with van der Waals surface area (Å²) in [7, 11) is 2.84. The van der Waals surface area contributed by atoms with E-state index in [0.29, 0.717) is 21.2 Å². The average Bonchev–Trinajstić information content (AvgIpc) is 3.03. The van der Waals surface area contributed by atoms with Crippen LogP contribution >= 0.6 is 23.4 Å². The lowest BCUT2D eigenvalue weighted by Crippen LogP contribution is -2.12. The van der Waals surface area contributed by atoms with Crippen LogP contribution in [-0.4, -0.2) is 42.1 Å². The first-order chi connectivity index (χ1) is 14.9. The second kappa shape index (κ2) is 9.80. The molecule has 7 nitrogen and oxygen atoms in total. The molecule has 1 heterocycles. The molecule has 31 heavy (non-hydrogen) atoms. The lowest BCUT2D eigenvalue weighted by Gasteiger charge is -2.10. The van der Waals surface area contributed by atoms with Gasteiger partial charge in [-0.2, -0.15) is 0 Å². The Morgan fingerprint density at radius 3 is 2.42 bits per heavy atom. The van der Waals surface area contributed by atoms with Crippen molar-refractivity contribution in [2.24, 2.45) is 4.99 Å². The number of phenols is 1. The molecule has 0 atom stereocenters. The number of hydrogen-bond acceptors (Lipinski definition) is 8. The topological polar surface area (TPSA) is 97.6 Å². The van der Waals surface area contributed by atoms with Gasteiger partial charge in [-0.05, 0) is 48.9 Å². The Labute approximate surface area is 188 Å². The van der Waals surface area contributed by atoms with Crippen LogP contribution in [-0.2, 0) is 9.53 Å². The molecule has 0 fully saturated rings. The molecule has 0 spiro atoms. The van der Waals surface area contributed by atoms with Gasteiger partial charge < -0.3 is 24.4 Å². The molecule has 1 aliphatic rings. The van der Waals surface area contributed by atoms with Crippen LogP contribution in [0.15, 0.2) is 57.6 Å². The molecule has 0 aromatic heterocycles. The van der Waals surface area contributed by atoms with Crippen LogP contribution in [0.3, 0.4) is 0 Å². The van der Waals surface area contributed by atoms with E-state index in [1.165, 1.54) is 14.2 Å². The third-order valence-electron chi connectivity index (χ3n) is 4.21. The molecule has 3 rings (SSSR count). The smallest absolute Gasteiger partial charge is 0.344 e. The summed E-state index contributed by atoms with van der Waals surface area (Å²) in [6, 6.07) is 9.98. The molecule has 0 saturated heterocycles. The van der Waals surface area contributed by atoms with E-state index in [1.807, 2.05) is 0 Å². The maximum Gasteiger partial charge on any atom is 0.344 e. The van der Waals surface area contributed by atoms with Crippen molar-refractivity contribution in [3.8, 4) is 17.2 Å². The van der Waals surface area contributed by atoms with Gasteiger partial charge in [0.1, 0.15) is 16.4 Å². The number of thioether (sulfide) groups is 1. The number of nitrogens with zero attached hydrogens (tertiary/aromatic N) is 1. The molecule has 0 aliphatic carbocycles. The van der Waals surface area contributed by atoms with Crippen molar-refractivity contribution in [2.45, 2.75) is 6.92 Å². The number of aliphatic hydroxyl groups excluding tert-OH is 1. The highest BCUT2D eigenvalue weighted by Gasteiger charge is 2.33. The quantitative estimate of drug-likeness (QED) is 0.566. The number of rotatable bonds is 6. The van der Waals surface area contributed by atoms with Crippen LogP contribution in [0.4, 0.5) is 5.69 Å². The second-order valence-corrected chi connectivity index (χ2v) is 7.69. The maximum absolute atomic E-state index is 12.5. The third kappa shape index (κ3) is 4.98. The van der Waals surface area contributed by atoms with E-state index in [1.54, 1.807) is 49.4 Å². The van der Waals surface area contributed by atoms with Crippen LogP contribution in [0, 0.1) is 0 Å².